The third kappa shape index (κ3) is 5.12. The van der Waals surface area contributed by atoms with Crippen LogP contribution in [0, 0.1) is 10.1 Å². The zero-order valence-corrected chi connectivity index (χ0v) is 17.5. The van der Waals surface area contributed by atoms with Gasteiger partial charge in [0, 0.05) is 5.69 Å². The molecule has 4 rings (SSSR count). The summed E-state index contributed by atoms with van der Waals surface area (Å²) in [5, 5.41) is 17.8. The van der Waals surface area contributed by atoms with Gasteiger partial charge < -0.3 is 10.6 Å². The lowest BCUT2D eigenvalue weighted by atomic mass is 9.99. The highest BCUT2D eigenvalue weighted by Gasteiger charge is 2.30. The molecule has 0 saturated heterocycles. The molecule has 0 bridgehead atoms. The van der Waals surface area contributed by atoms with Crippen LogP contribution in [0.25, 0.3) is 0 Å². The van der Waals surface area contributed by atoms with Gasteiger partial charge in [-0.2, -0.15) is 13.2 Å². The standard InChI is InChI=1S/C24H18F3N5O2/c25-24(26,27)18-11-13-19(14-12-18)30-22-21(32(33)34)23(29-15-28-22)31-20(16-7-3-1-4-8-16)17-9-5-2-6-10-17/h1-15,20H,(H2,28,29,30,31). The Morgan fingerprint density at radius 1 is 0.794 bits per heavy atom. The minimum atomic E-state index is -4.49. The molecule has 0 radical (unpaired) electrons. The molecule has 4 aromatic rings. The molecular weight excluding hydrogens is 447 g/mol. The lowest BCUT2D eigenvalue weighted by Crippen LogP contribution is -2.15. The molecule has 10 heteroatoms. The van der Waals surface area contributed by atoms with E-state index in [2.05, 4.69) is 20.6 Å². The summed E-state index contributed by atoms with van der Waals surface area (Å²) < 4.78 is 38.5. The highest BCUT2D eigenvalue weighted by atomic mass is 19.4. The number of aromatic nitrogens is 2. The van der Waals surface area contributed by atoms with Crippen LogP contribution in [0.1, 0.15) is 22.7 Å². The number of alkyl halides is 3. The molecule has 1 heterocycles. The number of nitrogens with one attached hydrogen (secondary N) is 2. The Morgan fingerprint density at radius 3 is 1.82 bits per heavy atom. The molecule has 0 atom stereocenters. The van der Waals surface area contributed by atoms with E-state index in [4.69, 9.17) is 0 Å². The van der Waals surface area contributed by atoms with E-state index in [1.54, 1.807) is 0 Å². The molecular formula is C24H18F3N5O2. The second-order valence-electron chi connectivity index (χ2n) is 7.28. The number of nitro groups is 1. The Bertz CT molecular complexity index is 1230. The Hall–Kier alpha value is -4.47. The fraction of sp³-hybridized carbons (Fsp3) is 0.0833. The van der Waals surface area contributed by atoms with Crippen molar-refractivity contribution in [3.63, 3.8) is 0 Å². The minimum Gasteiger partial charge on any atom is -0.353 e. The van der Waals surface area contributed by atoms with Crippen LogP contribution in [0.2, 0.25) is 0 Å². The van der Waals surface area contributed by atoms with E-state index in [9.17, 15) is 23.3 Å². The first-order chi connectivity index (χ1) is 16.3. The molecule has 2 N–H and O–H groups in total. The molecule has 3 aromatic carbocycles. The van der Waals surface area contributed by atoms with Crippen molar-refractivity contribution in [2.45, 2.75) is 12.2 Å². The second-order valence-corrected chi connectivity index (χ2v) is 7.28. The Balaban J connectivity index is 1.70. The van der Waals surface area contributed by atoms with Crippen molar-refractivity contribution >= 4 is 23.0 Å². The molecule has 1 aromatic heterocycles. The first-order valence-corrected chi connectivity index (χ1v) is 10.1. The molecule has 0 aliphatic heterocycles. The van der Waals surface area contributed by atoms with Gasteiger partial charge in [0.05, 0.1) is 16.5 Å². The maximum Gasteiger partial charge on any atom is 0.416 e. The summed E-state index contributed by atoms with van der Waals surface area (Å²) in [6.07, 6.45) is -3.34. The van der Waals surface area contributed by atoms with Crippen molar-refractivity contribution in [1.82, 2.24) is 9.97 Å². The number of anilines is 3. The van der Waals surface area contributed by atoms with Crippen LogP contribution in [0.4, 0.5) is 36.2 Å². The summed E-state index contributed by atoms with van der Waals surface area (Å²) in [6, 6.07) is 22.4. The van der Waals surface area contributed by atoms with Gasteiger partial charge in [-0.15, -0.1) is 0 Å². The number of hydrogen-bond acceptors (Lipinski definition) is 6. The van der Waals surface area contributed by atoms with Gasteiger partial charge in [0.15, 0.2) is 0 Å². The largest absolute Gasteiger partial charge is 0.416 e. The predicted molar refractivity (Wildman–Crippen MR) is 122 cm³/mol. The summed E-state index contributed by atoms with van der Waals surface area (Å²) in [5.41, 5.74) is 0.673. The van der Waals surface area contributed by atoms with Crippen LogP contribution >= 0.6 is 0 Å². The maximum atomic E-state index is 12.8. The van der Waals surface area contributed by atoms with Crippen molar-refractivity contribution in [3.8, 4) is 0 Å². The maximum absolute atomic E-state index is 12.8. The van der Waals surface area contributed by atoms with Crippen LogP contribution < -0.4 is 10.6 Å². The monoisotopic (exact) mass is 465 g/mol. The Kier molecular flexibility index (Phi) is 6.39. The van der Waals surface area contributed by atoms with E-state index in [0.717, 1.165) is 29.6 Å². The molecule has 0 unspecified atom stereocenters. The predicted octanol–water partition coefficient (Wildman–Crippen LogP) is 6.35. The molecule has 0 fully saturated rings. The Morgan fingerprint density at radius 2 is 1.32 bits per heavy atom. The van der Waals surface area contributed by atoms with Crippen molar-refractivity contribution in [3.05, 3.63) is 118 Å². The number of nitrogens with zero attached hydrogens (tertiary/aromatic N) is 3. The van der Waals surface area contributed by atoms with Crippen LogP contribution in [-0.2, 0) is 6.18 Å². The van der Waals surface area contributed by atoms with Crippen molar-refractivity contribution < 1.29 is 18.1 Å². The fourth-order valence-electron chi connectivity index (χ4n) is 3.41. The fourth-order valence-corrected chi connectivity index (χ4v) is 3.41. The molecule has 7 nitrogen and oxygen atoms in total. The third-order valence-corrected chi connectivity index (χ3v) is 5.03. The van der Waals surface area contributed by atoms with E-state index in [1.165, 1.54) is 12.1 Å². The zero-order chi connectivity index (χ0) is 24.1. The van der Waals surface area contributed by atoms with Crippen molar-refractivity contribution in [2.75, 3.05) is 10.6 Å². The number of hydrogen-bond donors (Lipinski definition) is 2. The first kappa shape index (κ1) is 22.7. The van der Waals surface area contributed by atoms with Gasteiger partial charge in [-0.1, -0.05) is 60.7 Å². The summed E-state index contributed by atoms with van der Waals surface area (Å²) >= 11 is 0. The van der Waals surface area contributed by atoms with Crippen LogP contribution in [0.5, 0.6) is 0 Å². The summed E-state index contributed by atoms with van der Waals surface area (Å²) in [7, 11) is 0. The van der Waals surface area contributed by atoms with E-state index in [1.807, 2.05) is 60.7 Å². The average Bonchev–Trinajstić information content (AvgIpc) is 2.83. The van der Waals surface area contributed by atoms with Crippen LogP contribution in [0.3, 0.4) is 0 Å². The number of halogens is 3. The molecule has 0 amide bonds. The molecule has 34 heavy (non-hydrogen) atoms. The average molecular weight is 465 g/mol. The molecule has 0 saturated carbocycles. The van der Waals surface area contributed by atoms with Gasteiger partial charge in [-0.25, -0.2) is 9.97 Å². The van der Waals surface area contributed by atoms with E-state index >= 15 is 0 Å². The van der Waals surface area contributed by atoms with Gasteiger partial charge in [0.1, 0.15) is 6.33 Å². The van der Waals surface area contributed by atoms with Gasteiger partial charge >= 0.3 is 11.9 Å². The van der Waals surface area contributed by atoms with Gasteiger partial charge in [0.25, 0.3) is 0 Å². The zero-order valence-electron chi connectivity index (χ0n) is 17.5. The number of rotatable bonds is 7. The highest BCUT2D eigenvalue weighted by Crippen LogP contribution is 2.36. The SMILES string of the molecule is O=[N+]([O-])c1c(Nc2ccc(C(F)(F)F)cc2)ncnc1NC(c1ccccc1)c1ccccc1. The number of benzene rings is 3. The van der Waals surface area contributed by atoms with Gasteiger partial charge in [-0.3, -0.25) is 10.1 Å². The Labute approximate surface area is 192 Å². The van der Waals surface area contributed by atoms with Crippen molar-refractivity contribution in [1.29, 1.82) is 0 Å². The van der Waals surface area contributed by atoms with Gasteiger partial charge in [-0.05, 0) is 35.4 Å². The van der Waals surface area contributed by atoms with Crippen LogP contribution in [-0.4, -0.2) is 14.9 Å². The lowest BCUT2D eigenvalue weighted by molar-refractivity contribution is -0.383. The summed E-state index contributed by atoms with van der Waals surface area (Å²) in [5.74, 6) is -0.186. The van der Waals surface area contributed by atoms with Crippen LogP contribution in [0.15, 0.2) is 91.3 Å². The van der Waals surface area contributed by atoms with Crippen molar-refractivity contribution in [2.24, 2.45) is 0 Å². The lowest BCUT2D eigenvalue weighted by Gasteiger charge is -2.20. The molecule has 0 aliphatic rings. The first-order valence-electron chi connectivity index (χ1n) is 10.1. The molecule has 0 spiro atoms. The van der Waals surface area contributed by atoms with Gasteiger partial charge in [0.2, 0.25) is 11.6 Å². The minimum absolute atomic E-state index is 0.0351. The topological polar surface area (TPSA) is 93.0 Å². The summed E-state index contributed by atoms with van der Waals surface area (Å²) in [6.45, 7) is 0. The second kappa shape index (κ2) is 9.57. The normalized spacial score (nSPS) is 11.3. The highest BCUT2D eigenvalue weighted by molar-refractivity contribution is 5.74. The quantitative estimate of drug-likeness (QED) is 0.244. The molecule has 0 aliphatic carbocycles. The molecule has 172 valence electrons. The van der Waals surface area contributed by atoms with E-state index in [-0.39, 0.29) is 17.3 Å². The van der Waals surface area contributed by atoms with E-state index < -0.39 is 28.4 Å². The summed E-state index contributed by atoms with van der Waals surface area (Å²) in [4.78, 5) is 19.4. The third-order valence-electron chi connectivity index (χ3n) is 5.03. The smallest absolute Gasteiger partial charge is 0.353 e. The van der Waals surface area contributed by atoms with E-state index in [0.29, 0.717) is 0 Å².